The van der Waals surface area contributed by atoms with Crippen LogP contribution in [-0.4, -0.2) is 53.6 Å². The molecule has 2 rings (SSSR count). The van der Waals surface area contributed by atoms with E-state index in [1.54, 1.807) is 0 Å². The Labute approximate surface area is 121 Å². The Morgan fingerprint density at radius 1 is 1.35 bits per heavy atom. The fourth-order valence-electron chi connectivity index (χ4n) is 2.58. The number of likely N-dealkylation sites (N-methyl/N-ethyl adjacent to an activating group) is 1. The normalized spacial score (nSPS) is 16.7. The maximum absolute atomic E-state index is 12.2. The number of aryl methyl sites for hydroxylation is 1. The number of piperidine rings is 1. The molecule has 1 aromatic carbocycles. The molecular formula is C16H24N2O2. The molecule has 4 heteroatoms. The standard InChI is InChI=1S/C16H24N2O2/c1-13-5-3-4-6-14(13)11-17(2)12-16(20)18-9-7-15(19)8-10-18/h3-6,15,19H,7-12H2,1-2H3. The van der Waals surface area contributed by atoms with Crippen LogP contribution >= 0.6 is 0 Å². The molecule has 1 heterocycles. The molecule has 0 atom stereocenters. The van der Waals surface area contributed by atoms with E-state index in [0.717, 1.165) is 6.54 Å². The van der Waals surface area contributed by atoms with Crippen LogP contribution in [0.4, 0.5) is 0 Å². The molecule has 110 valence electrons. The number of carbonyl (C=O) groups excluding carboxylic acids is 1. The Hall–Kier alpha value is -1.39. The van der Waals surface area contributed by atoms with Gasteiger partial charge in [-0.05, 0) is 37.9 Å². The molecule has 0 radical (unpaired) electrons. The van der Waals surface area contributed by atoms with Gasteiger partial charge < -0.3 is 10.0 Å². The maximum atomic E-state index is 12.2. The number of aliphatic hydroxyl groups is 1. The van der Waals surface area contributed by atoms with Gasteiger partial charge in [0.15, 0.2) is 0 Å². The molecule has 20 heavy (non-hydrogen) atoms. The van der Waals surface area contributed by atoms with Gasteiger partial charge >= 0.3 is 0 Å². The quantitative estimate of drug-likeness (QED) is 0.904. The van der Waals surface area contributed by atoms with Crippen molar-refractivity contribution in [2.24, 2.45) is 0 Å². The average Bonchev–Trinajstić information content (AvgIpc) is 2.42. The van der Waals surface area contributed by atoms with E-state index in [2.05, 4.69) is 24.0 Å². The Bertz CT molecular complexity index is 454. The van der Waals surface area contributed by atoms with Crippen LogP contribution in [0.3, 0.4) is 0 Å². The maximum Gasteiger partial charge on any atom is 0.236 e. The third-order valence-corrected chi connectivity index (χ3v) is 3.92. The number of nitrogens with zero attached hydrogens (tertiary/aromatic N) is 2. The molecule has 1 fully saturated rings. The van der Waals surface area contributed by atoms with Gasteiger partial charge in [0.25, 0.3) is 0 Å². The number of carbonyl (C=O) groups is 1. The smallest absolute Gasteiger partial charge is 0.236 e. The highest BCUT2D eigenvalue weighted by Crippen LogP contribution is 2.12. The molecule has 1 aliphatic rings. The first kappa shape index (κ1) is 15.0. The van der Waals surface area contributed by atoms with E-state index < -0.39 is 0 Å². The molecule has 1 aromatic rings. The summed E-state index contributed by atoms with van der Waals surface area (Å²) in [7, 11) is 1.98. The number of hydrogen-bond acceptors (Lipinski definition) is 3. The van der Waals surface area contributed by atoms with E-state index in [-0.39, 0.29) is 12.0 Å². The minimum absolute atomic E-state index is 0.160. The zero-order chi connectivity index (χ0) is 14.5. The second-order valence-electron chi connectivity index (χ2n) is 5.71. The minimum atomic E-state index is -0.233. The highest BCUT2D eigenvalue weighted by Gasteiger charge is 2.21. The fraction of sp³-hybridized carbons (Fsp3) is 0.562. The molecule has 0 spiro atoms. The molecule has 1 aliphatic heterocycles. The molecule has 1 amide bonds. The van der Waals surface area contributed by atoms with Gasteiger partial charge in [-0.25, -0.2) is 0 Å². The zero-order valence-electron chi connectivity index (χ0n) is 12.4. The van der Waals surface area contributed by atoms with Crippen LogP contribution in [0.5, 0.6) is 0 Å². The highest BCUT2D eigenvalue weighted by atomic mass is 16.3. The lowest BCUT2D eigenvalue weighted by molar-refractivity contribution is -0.134. The van der Waals surface area contributed by atoms with E-state index in [0.29, 0.717) is 32.5 Å². The van der Waals surface area contributed by atoms with Crippen molar-refractivity contribution >= 4 is 5.91 Å². The lowest BCUT2D eigenvalue weighted by Gasteiger charge is -2.31. The average molecular weight is 276 g/mol. The molecule has 1 saturated heterocycles. The molecule has 0 aromatic heterocycles. The first-order valence-corrected chi connectivity index (χ1v) is 7.25. The zero-order valence-corrected chi connectivity index (χ0v) is 12.4. The van der Waals surface area contributed by atoms with Crippen molar-refractivity contribution in [3.63, 3.8) is 0 Å². The molecular weight excluding hydrogens is 252 g/mol. The summed E-state index contributed by atoms with van der Waals surface area (Å²) < 4.78 is 0. The van der Waals surface area contributed by atoms with Gasteiger partial charge in [0.2, 0.25) is 5.91 Å². The first-order valence-electron chi connectivity index (χ1n) is 7.25. The van der Waals surface area contributed by atoms with Crippen molar-refractivity contribution in [2.45, 2.75) is 32.4 Å². The molecule has 1 N–H and O–H groups in total. The number of amides is 1. The predicted molar refractivity (Wildman–Crippen MR) is 79.3 cm³/mol. The Balaban J connectivity index is 1.83. The Kier molecular flexibility index (Phi) is 5.15. The molecule has 0 bridgehead atoms. The number of benzene rings is 1. The van der Waals surface area contributed by atoms with Crippen LogP contribution in [0.15, 0.2) is 24.3 Å². The van der Waals surface area contributed by atoms with Crippen LogP contribution in [0.25, 0.3) is 0 Å². The second kappa shape index (κ2) is 6.86. The molecule has 0 unspecified atom stereocenters. The Morgan fingerprint density at radius 2 is 2.00 bits per heavy atom. The van der Waals surface area contributed by atoms with Crippen molar-refractivity contribution < 1.29 is 9.90 Å². The first-order chi connectivity index (χ1) is 9.56. The number of hydrogen-bond donors (Lipinski definition) is 1. The van der Waals surface area contributed by atoms with Gasteiger partial charge in [0, 0.05) is 19.6 Å². The van der Waals surface area contributed by atoms with Crippen molar-refractivity contribution in [3.05, 3.63) is 35.4 Å². The van der Waals surface area contributed by atoms with Crippen molar-refractivity contribution in [3.8, 4) is 0 Å². The topological polar surface area (TPSA) is 43.8 Å². The van der Waals surface area contributed by atoms with Gasteiger partial charge in [0.05, 0.1) is 12.6 Å². The summed E-state index contributed by atoms with van der Waals surface area (Å²) in [6.45, 7) is 4.67. The summed E-state index contributed by atoms with van der Waals surface area (Å²) in [5, 5.41) is 9.47. The Morgan fingerprint density at radius 3 is 2.65 bits per heavy atom. The van der Waals surface area contributed by atoms with Gasteiger partial charge in [-0.15, -0.1) is 0 Å². The van der Waals surface area contributed by atoms with Crippen LogP contribution in [-0.2, 0) is 11.3 Å². The van der Waals surface area contributed by atoms with Crippen LogP contribution < -0.4 is 0 Å². The minimum Gasteiger partial charge on any atom is -0.393 e. The van der Waals surface area contributed by atoms with Crippen LogP contribution in [0.1, 0.15) is 24.0 Å². The third kappa shape index (κ3) is 4.05. The highest BCUT2D eigenvalue weighted by molar-refractivity contribution is 5.78. The summed E-state index contributed by atoms with van der Waals surface area (Å²) >= 11 is 0. The fourth-order valence-corrected chi connectivity index (χ4v) is 2.58. The van der Waals surface area contributed by atoms with Crippen LogP contribution in [0.2, 0.25) is 0 Å². The van der Waals surface area contributed by atoms with E-state index in [9.17, 15) is 9.90 Å². The molecule has 0 aliphatic carbocycles. The van der Waals surface area contributed by atoms with Gasteiger partial charge in [-0.1, -0.05) is 24.3 Å². The van der Waals surface area contributed by atoms with Crippen molar-refractivity contribution in [2.75, 3.05) is 26.7 Å². The van der Waals surface area contributed by atoms with E-state index in [1.165, 1.54) is 11.1 Å². The van der Waals surface area contributed by atoms with Gasteiger partial charge in [-0.2, -0.15) is 0 Å². The third-order valence-electron chi connectivity index (χ3n) is 3.92. The molecule has 4 nitrogen and oxygen atoms in total. The van der Waals surface area contributed by atoms with Crippen LogP contribution in [0, 0.1) is 6.92 Å². The SMILES string of the molecule is Cc1ccccc1CN(C)CC(=O)N1CCC(O)CC1. The summed E-state index contributed by atoms with van der Waals surface area (Å²) in [4.78, 5) is 16.1. The van der Waals surface area contributed by atoms with E-state index >= 15 is 0 Å². The van der Waals surface area contributed by atoms with Crippen molar-refractivity contribution in [1.82, 2.24) is 9.80 Å². The van der Waals surface area contributed by atoms with Crippen molar-refractivity contribution in [1.29, 1.82) is 0 Å². The van der Waals surface area contributed by atoms with Gasteiger partial charge in [-0.3, -0.25) is 9.69 Å². The monoisotopic (exact) mass is 276 g/mol. The summed E-state index contributed by atoms with van der Waals surface area (Å²) in [5.74, 6) is 0.160. The second-order valence-corrected chi connectivity index (χ2v) is 5.71. The van der Waals surface area contributed by atoms with E-state index in [4.69, 9.17) is 0 Å². The lowest BCUT2D eigenvalue weighted by atomic mass is 10.1. The van der Waals surface area contributed by atoms with Gasteiger partial charge in [0.1, 0.15) is 0 Å². The molecule has 0 saturated carbocycles. The predicted octanol–water partition coefficient (Wildman–Crippen LogP) is 1.41. The summed E-state index contributed by atoms with van der Waals surface area (Å²) in [5.41, 5.74) is 2.52. The number of rotatable bonds is 4. The number of aliphatic hydroxyl groups excluding tert-OH is 1. The number of likely N-dealkylation sites (tertiary alicyclic amines) is 1. The lowest BCUT2D eigenvalue weighted by Crippen LogP contribution is -2.44. The van der Waals surface area contributed by atoms with E-state index in [1.807, 2.05) is 24.1 Å². The summed E-state index contributed by atoms with van der Waals surface area (Å²) in [6.07, 6.45) is 1.17. The largest absolute Gasteiger partial charge is 0.393 e. The summed E-state index contributed by atoms with van der Waals surface area (Å²) in [6, 6.07) is 8.26.